The fourth-order valence-electron chi connectivity index (χ4n) is 1.63. The molecule has 1 amide bonds. The van der Waals surface area contributed by atoms with Crippen LogP contribution in [-0.2, 0) is 4.79 Å². The molecular weight excluding hydrogens is 339 g/mol. The van der Waals surface area contributed by atoms with Gasteiger partial charge in [0.25, 0.3) is 5.91 Å². The van der Waals surface area contributed by atoms with Crippen LogP contribution in [0.25, 0.3) is 6.08 Å². The van der Waals surface area contributed by atoms with E-state index >= 15 is 0 Å². The first-order valence-corrected chi connectivity index (χ1v) is 7.04. The third-order valence-electron chi connectivity index (χ3n) is 2.68. The van der Waals surface area contributed by atoms with E-state index in [1.807, 2.05) is 6.07 Å². The SMILES string of the molecule is COc1ccc(C=C(C#N)C(=O)Nc2nc(Cl)cc(Cl)n2)cc1. The molecule has 2 rings (SSSR count). The second-order valence-electron chi connectivity index (χ2n) is 4.23. The van der Waals surface area contributed by atoms with Gasteiger partial charge in [0.2, 0.25) is 5.95 Å². The first kappa shape index (κ1) is 16.7. The van der Waals surface area contributed by atoms with Crippen molar-refractivity contribution < 1.29 is 9.53 Å². The molecule has 0 aliphatic carbocycles. The molecule has 0 bridgehead atoms. The number of carbonyl (C=O) groups excluding carboxylic acids is 1. The smallest absolute Gasteiger partial charge is 0.268 e. The van der Waals surface area contributed by atoms with E-state index in [1.165, 1.54) is 12.1 Å². The molecule has 0 aliphatic heterocycles. The predicted molar refractivity (Wildman–Crippen MR) is 87.3 cm³/mol. The van der Waals surface area contributed by atoms with Crippen LogP contribution in [0.1, 0.15) is 5.56 Å². The fourth-order valence-corrected chi connectivity index (χ4v) is 2.05. The Morgan fingerprint density at radius 3 is 2.39 bits per heavy atom. The van der Waals surface area contributed by atoms with Gasteiger partial charge in [-0.05, 0) is 23.8 Å². The van der Waals surface area contributed by atoms with E-state index in [9.17, 15) is 4.79 Å². The Kier molecular flexibility index (Phi) is 5.52. The van der Waals surface area contributed by atoms with Crippen LogP contribution >= 0.6 is 23.2 Å². The average molecular weight is 349 g/mol. The highest BCUT2D eigenvalue weighted by molar-refractivity contribution is 6.33. The van der Waals surface area contributed by atoms with Crippen molar-refractivity contribution >= 4 is 41.1 Å². The number of nitrogens with zero attached hydrogens (tertiary/aromatic N) is 3. The summed E-state index contributed by atoms with van der Waals surface area (Å²) in [6, 6.07) is 10.0. The molecule has 0 saturated heterocycles. The number of carbonyl (C=O) groups is 1. The third kappa shape index (κ3) is 4.68. The van der Waals surface area contributed by atoms with Crippen LogP contribution in [0.3, 0.4) is 0 Å². The van der Waals surface area contributed by atoms with Gasteiger partial charge in [0.15, 0.2) is 0 Å². The number of nitriles is 1. The molecule has 0 atom stereocenters. The van der Waals surface area contributed by atoms with E-state index in [4.69, 9.17) is 33.2 Å². The van der Waals surface area contributed by atoms with Gasteiger partial charge in [-0.2, -0.15) is 5.26 Å². The number of anilines is 1. The Labute approximate surface area is 142 Å². The summed E-state index contributed by atoms with van der Waals surface area (Å²) < 4.78 is 5.04. The number of benzene rings is 1. The van der Waals surface area contributed by atoms with Crippen LogP contribution in [0.4, 0.5) is 5.95 Å². The topological polar surface area (TPSA) is 87.9 Å². The number of nitrogens with one attached hydrogen (secondary N) is 1. The zero-order valence-corrected chi connectivity index (χ0v) is 13.4. The van der Waals surface area contributed by atoms with E-state index in [2.05, 4.69) is 15.3 Å². The molecule has 23 heavy (non-hydrogen) atoms. The van der Waals surface area contributed by atoms with Crippen molar-refractivity contribution in [2.75, 3.05) is 12.4 Å². The maximum absolute atomic E-state index is 12.1. The van der Waals surface area contributed by atoms with Crippen molar-refractivity contribution in [2.45, 2.75) is 0 Å². The standard InChI is InChI=1S/C15H10Cl2N4O2/c1-23-11-4-2-9(3-5-11)6-10(8-18)14(22)21-15-19-12(16)7-13(17)20-15/h2-7H,1H3,(H,19,20,21,22). The van der Waals surface area contributed by atoms with E-state index in [0.717, 1.165) is 0 Å². The Hall–Kier alpha value is -2.62. The lowest BCUT2D eigenvalue weighted by molar-refractivity contribution is -0.112. The molecule has 1 N–H and O–H groups in total. The summed E-state index contributed by atoms with van der Waals surface area (Å²) >= 11 is 11.5. The molecule has 0 saturated carbocycles. The zero-order chi connectivity index (χ0) is 16.8. The first-order valence-electron chi connectivity index (χ1n) is 6.29. The minimum absolute atomic E-state index is 0.0802. The maximum Gasteiger partial charge on any atom is 0.268 e. The molecule has 1 heterocycles. The van der Waals surface area contributed by atoms with Gasteiger partial charge in [0, 0.05) is 6.07 Å². The van der Waals surface area contributed by atoms with Crippen molar-refractivity contribution in [3.63, 3.8) is 0 Å². The summed E-state index contributed by atoms with van der Waals surface area (Å²) in [5.74, 6) is -0.0721. The van der Waals surface area contributed by atoms with E-state index in [0.29, 0.717) is 11.3 Å². The van der Waals surface area contributed by atoms with Crippen LogP contribution in [0, 0.1) is 11.3 Å². The van der Waals surface area contributed by atoms with Crippen LogP contribution in [0.15, 0.2) is 35.9 Å². The van der Waals surface area contributed by atoms with Crippen LogP contribution in [-0.4, -0.2) is 23.0 Å². The fraction of sp³-hybridized carbons (Fsp3) is 0.0667. The van der Waals surface area contributed by atoms with Crippen molar-refractivity contribution in [3.05, 3.63) is 51.8 Å². The van der Waals surface area contributed by atoms with Crippen molar-refractivity contribution in [3.8, 4) is 11.8 Å². The van der Waals surface area contributed by atoms with Crippen molar-refractivity contribution in [1.82, 2.24) is 9.97 Å². The normalized spacial score (nSPS) is 10.8. The van der Waals surface area contributed by atoms with Gasteiger partial charge in [-0.1, -0.05) is 35.3 Å². The van der Waals surface area contributed by atoms with E-state index in [1.54, 1.807) is 31.4 Å². The monoisotopic (exact) mass is 348 g/mol. The lowest BCUT2D eigenvalue weighted by atomic mass is 10.1. The molecular formula is C15H10Cl2N4O2. The van der Waals surface area contributed by atoms with Gasteiger partial charge in [-0.3, -0.25) is 10.1 Å². The average Bonchev–Trinajstić information content (AvgIpc) is 2.52. The number of methoxy groups -OCH3 is 1. The summed E-state index contributed by atoms with van der Waals surface area (Å²) in [5, 5.41) is 11.7. The summed E-state index contributed by atoms with van der Waals surface area (Å²) in [6.07, 6.45) is 1.43. The van der Waals surface area contributed by atoms with Crippen molar-refractivity contribution in [2.24, 2.45) is 0 Å². The molecule has 6 nitrogen and oxygen atoms in total. The van der Waals surface area contributed by atoms with E-state index < -0.39 is 5.91 Å². The lowest BCUT2D eigenvalue weighted by Gasteiger charge is -2.04. The molecule has 0 unspecified atom stereocenters. The highest BCUT2D eigenvalue weighted by Gasteiger charge is 2.12. The molecule has 1 aromatic heterocycles. The molecule has 0 aliphatic rings. The number of hydrogen-bond acceptors (Lipinski definition) is 5. The predicted octanol–water partition coefficient (Wildman–Crippen LogP) is 3.34. The number of aromatic nitrogens is 2. The zero-order valence-electron chi connectivity index (χ0n) is 11.9. The molecule has 0 spiro atoms. The number of amides is 1. The molecule has 0 fully saturated rings. The molecule has 1 aromatic carbocycles. The van der Waals surface area contributed by atoms with Crippen LogP contribution in [0.5, 0.6) is 5.75 Å². The third-order valence-corrected chi connectivity index (χ3v) is 3.07. The van der Waals surface area contributed by atoms with Gasteiger partial charge in [0.1, 0.15) is 27.7 Å². The maximum atomic E-state index is 12.1. The minimum Gasteiger partial charge on any atom is -0.497 e. The number of hydrogen-bond donors (Lipinski definition) is 1. The number of halogens is 2. The highest BCUT2D eigenvalue weighted by Crippen LogP contribution is 2.16. The Bertz CT molecular complexity index is 778. The second-order valence-corrected chi connectivity index (χ2v) is 5.01. The minimum atomic E-state index is -0.665. The molecule has 116 valence electrons. The number of ether oxygens (including phenoxy) is 1. The Balaban J connectivity index is 2.20. The quantitative estimate of drug-likeness (QED) is 0.520. The molecule has 8 heteroatoms. The largest absolute Gasteiger partial charge is 0.497 e. The Morgan fingerprint density at radius 2 is 1.87 bits per heavy atom. The van der Waals surface area contributed by atoms with Gasteiger partial charge in [-0.25, -0.2) is 9.97 Å². The van der Waals surface area contributed by atoms with Gasteiger partial charge in [0.05, 0.1) is 7.11 Å². The van der Waals surface area contributed by atoms with Gasteiger partial charge < -0.3 is 4.74 Å². The summed E-state index contributed by atoms with van der Waals surface area (Å²) in [6.45, 7) is 0. The highest BCUT2D eigenvalue weighted by atomic mass is 35.5. The summed E-state index contributed by atoms with van der Waals surface area (Å²) in [7, 11) is 1.55. The van der Waals surface area contributed by atoms with Crippen LogP contribution < -0.4 is 10.1 Å². The van der Waals surface area contributed by atoms with Crippen LogP contribution in [0.2, 0.25) is 10.3 Å². The van der Waals surface area contributed by atoms with Gasteiger partial charge in [-0.15, -0.1) is 0 Å². The molecule has 2 aromatic rings. The lowest BCUT2D eigenvalue weighted by Crippen LogP contribution is -2.15. The van der Waals surface area contributed by atoms with E-state index in [-0.39, 0.29) is 21.8 Å². The second kappa shape index (κ2) is 7.58. The number of rotatable bonds is 4. The molecule has 0 radical (unpaired) electrons. The Morgan fingerprint density at radius 1 is 1.26 bits per heavy atom. The first-order chi connectivity index (χ1) is 11.0. The summed E-state index contributed by atoms with van der Waals surface area (Å²) in [4.78, 5) is 19.7. The summed E-state index contributed by atoms with van der Waals surface area (Å²) in [5.41, 5.74) is 0.553. The van der Waals surface area contributed by atoms with Gasteiger partial charge >= 0.3 is 0 Å². The van der Waals surface area contributed by atoms with Crippen molar-refractivity contribution in [1.29, 1.82) is 5.26 Å².